The van der Waals surface area contributed by atoms with Gasteiger partial charge in [-0.15, -0.1) is 0 Å². The number of hydrogen-bond donors (Lipinski definition) is 1. The van der Waals surface area contributed by atoms with Crippen LogP contribution < -0.4 is 10.9 Å². The predicted molar refractivity (Wildman–Crippen MR) is 152 cm³/mol. The highest BCUT2D eigenvalue weighted by Gasteiger charge is 2.23. The van der Waals surface area contributed by atoms with Crippen LogP contribution in [0.25, 0.3) is 16.6 Å². The number of nitrogens with zero attached hydrogens (tertiary/aromatic N) is 4. The van der Waals surface area contributed by atoms with Crippen LogP contribution in [0.1, 0.15) is 5.56 Å². The molecule has 5 rings (SSSR count). The van der Waals surface area contributed by atoms with Crippen molar-refractivity contribution in [3.05, 3.63) is 105 Å². The molecule has 0 aliphatic carbocycles. The second-order valence-corrected chi connectivity index (χ2v) is 12.6. The van der Waals surface area contributed by atoms with Crippen LogP contribution in [0.4, 0.5) is 10.8 Å². The zero-order chi connectivity index (χ0) is 28.4. The average Bonchev–Trinajstić information content (AvgIpc) is 3.42. The van der Waals surface area contributed by atoms with E-state index >= 15 is 0 Å². The highest BCUT2D eigenvalue weighted by Crippen LogP contribution is 2.30. The van der Waals surface area contributed by atoms with E-state index in [1.54, 1.807) is 36.4 Å². The number of rotatable bonds is 8. The third kappa shape index (κ3) is 5.50. The van der Waals surface area contributed by atoms with Crippen molar-refractivity contribution in [2.45, 2.75) is 21.2 Å². The monoisotopic (exact) mass is 593 g/mol. The van der Waals surface area contributed by atoms with Crippen LogP contribution >= 0.6 is 23.1 Å². The molecule has 202 valence electrons. The van der Waals surface area contributed by atoms with Crippen molar-refractivity contribution < 1.29 is 18.1 Å². The lowest BCUT2D eigenvalue weighted by molar-refractivity contribution is -0.384. The smallest absolute Gasteiger partial charge is 0.269 e. The molecule has 5 aromatic rings. The Hall–Kier alpha value is -4.40. The first-order valence-corrected chi connectivity index (χ1v) is 14.9. The van der Waals surface area contributed by atoms with Crippen LogP contribution in [0.15, 0.2) is 98.0 Å². The third-order valence-electron chi connectivity index (χ3n) is 5.72. The van der Waals surface area contributed by atoms with Gasteiger partial charge in [0.25, 0.3) is 11.2 Å². The van der Waals surface area contributed by atoms with Gasteiger partial charge in [-0.05, 0) is 43.3 Å². The SMILES string of the molecule is Cc1ccc(-n2c(SCC(=O)Nc3ncc(S(=O)(=O)c4ccc([N+](=O)[O-])cc4)s3)nc3ccccc3c2=O)cc1. The minimum Gasteiger partial charge on any atom is -0.301 e. The molecule has 2 heterocycles. The van der Waals surface area contributed by atoms with Gasteiger partial charge in [-0.3, -0.25) is 24.3 Å². The number of aryl methyl sites for hydroxylation is 1. The minimum absolute atomic E-state index is 0.0634. The number of sulfone groups is 1. The summed E-state index contributed by atoms with van der Waals surface area (Å²) in [4.78, 5) is 44.8. The zero-order valence-electron chi connectivity index (χ0n) is 20.7. The molecule has 0 aliphatic heterocycles. The molecular formula is C26H19N5O6S3. The molecule has 0 atom stereocenters. The van der Waals surface area contributed by atoms with Gasteiger partial charge >= 0.3 is 0 Å². The van der Waals surface area contributed by atoms with Crippen molar-refractivity contribution in [1.82, 2.24) is 14.5 Å². The van der Waals surface area contributed by atoms with E-state index < -0.39 is 20.7 Å². The molecule has 0 aliphatic rings. The molecule has 0 bridgehead atoms. The van der Waals surface area contributed by atoms with Gasteiger partial charge in [-0.1, -0.05) is 52.9 Å². The lowest BCUT2D eigenvalue weighted by Crippen LogP contribution is -2.23. The number of carbonyl (C=O) groups is 1. The van der Waals surface area contributed by atoms with Crippen LogP contribution in [-0.4, -0.2) is 39.5 Å². The molecular weight excluding hydrogens is 575 g/mol. The van der Waals surface area contributed by atoms with Crippen molar-refractivity contribution in [2.24, 2.45) is 0 Å². The first-order chi connectivity index (χ1) is 19.1. The number of hydrogen-bond acceptors (Lipinski definition) is 10. The van der Waals surface area contributed by atoms with E-state index in [9.17, 15) is 28.1 Å². The summed E-state index contributed by atoms with van der Waals surface area (Å²) in [6.07, 6.45) is 1.12. The molecule has 0 unspecified atom stereocenters. The highest BCUT2D eigenvalue weighted by molar-refractivity contribution is 7.99. The molecule has 40 heavy (non-hydrogen) atoms. The van der Waals surface area contributed by atoms with Gasteiger partial charge in [-0.25, -0.2) is 18.4 Å². The molecule has 0 saturated carbocycles. The molecule has 0 saturated heterocycles. The average molecular weight is 594 g/mol. The van der Waals surface area contributed by atoms with Crippen LogP contribution in [0.2, 0.25) is 0 Å². The summed E-state index contributed by atoms with van der Waals surface area (Å²) in [6.45, 7) is 1.94. The van der Waals surface area contributed by atoms with Crippen LogP contribution in [-0.2, 0) is 14.6 Å². The fourth-order valence-corrected chi connectivity index (χ4v) is 6.98. The highest BCUT2D eigenvalue weighted by atomic mass is 32.2. The largest absolute Gasteiger partial charge is 0.301 e. The fourth-order valence-electron chi connectivity index (χ4n) is 3.72. The summed E-state index contributed by atoms with van der Waals surface area (Å²) in [5.41, 5.74) is 1.64. The number of fused-ring (bicyclic) bond motifs is 1. The maximum absolute atomic E-state index is 13.3. The molecule has 0 radical (unpaired) electrons. The standard InChI is InChI=1S/C26H19N5O6S3/c1-16-6-8-17(9-7-16)30-24(33)20-4-2-3-5-21(20)28-26(30)38-15-22(32)29-25-27-14-23(39-25)40(36,37)19-12-10-18(11-13-19)31(34)35/h2-14H,15H2,1H3,(H,27,29,32). The molecule has 14 heteroatoms. The van der Waals surface area contributed by atoms with Crippen LogP contribution in [0.5, 0.6) is 0 Å². The number of benzene rings is 3. The summed E-state index contributed by atoms with van der Waals surface area (Å²) in [5.74, 6) is -0.600. The van der Waals surface area contributed by atoms with E-state index in [1.807, 2.05) is 19.1 Å². The summed E-state index contributed by atoms with van der Waals surface area (Å²) in [6, 6.07) is 18.8. The molecule has 0 spiro atoms. The Bertz CT molecular complexity index is 1920. The number of nitro benzene ring substituents is 1. The molecule has 1 N–H and O–H groups in total. The number of carbonyl (C=O) groups excluding carboxylic acids is 1. The summed E-state index contributed by atoms with van der Waals surface area (Å²) in [5, 5.41) is 14.3. The van der Waals surface area contributed by atoms with E-state index in [0.29, 0.717) is 21.7 Å². The Morgan fingerprint density at radius 1 is 1.07 bits per heavy atom. The number of thiazole rings is 1. The maximum Gasteiger partial charge on any atom is 0.269 e. The number of non-ortho nitro benzene ring substituents is 1. The summed E-state index contributed by atoms with van der Waals surface area (Å²) >= 11 is 1.81. The Balaban J connectivity index is 1.35. The Morgan fingerprint density at radius 3 is 2.48 bits per heavy atom. The van der Waals surface area contributed by atoms with Crippen molar-refractivity contribution in [1.29, 1.82) is 0 Å². The van der Waals surface area contributed by atoms with E-state index in [-0.39, 0.29) is 31.2 Å². The lowest BCUT2D eigenvalue weighted by Gasteiger charge is -2.13. The van der Waals surface area contributed by atoms with Crippen LogP contribution in [0.3, 0.4) is 0 Å². The number of anilines is 1. The Kier molecular flexibility index (Phi) is 7.47. The van der Waals surface area contributed by atoms with E-state index in [0.717, 1.165) is 59.1 Å². The van der Waals surface area contributed by atoms with Gasteiger partial charge in [0, 0.05) is 12.1 Å². The van der Waals surface area contributed by atoms with Crippen molar-refractivity contribution in [3.63, 3.8) is 0 Å². The number of nitro groups is 1. The minimum atomic E-state index is -3.99. The quantitative estimate of drug-likeness (QED) is 0.117. The summed E-state index contributed by atoms with van der Waals surface area (Å²) < 4.78 is 27.1. The van der Waals surface area contributed by atoms with Gasteiger partial charge in [0.2, 0.25) is 15.7 Å². The van der Waals surface area contributed by atoms with Gasteiger partial charge < -0.3 is 5.32 Å². The number of thioether (sulfide) groups is 1. The first-order valence-electron chi connectivity index (χ1n) is 11.6. The topological polar surface area (TPSA) is 154 Å². The Morgan fingerprint density at radius 2 is 1.77 bits per heavy atom. The van der Waals surface area contributed by atoms with Crippen molar-refractivity contribution in [3.8, 4) is 5.69 Å². The van der Waals surface area contributed by atoms with E-state index in [1.165, 1.54) is 4.57 Å². The summed E-state index contributed by atoms with van der Waals surface area (Å²) in [7, 11) is -3.99. The number of nitrogens with one attached hydrogen (secondary N) is 1. The van der Waals surface area contributed by atoms with Gasteiger partial charge in [0.05, 0.1) is 38.4 Å². The molecule has 0 fully saturated rings. The van der Waals surface area contributed by atoms with Crippen LogP contribution in [0, 0.1) is 17.0 Å². The van der Waals surface area contributed by atoms with Gasteiger partial charge in [0.1, 0.15) is 4.21 Å². The number of amides is 1. The number of aromatic nitrogens is 3. The fraction of sp³-hybridized carbons (Fsp3) is 0.0769. The maximum atomic E-state index is 13.3. The van der Waals surface area contributed by atoms with Gasteiger partial charge in [-0.2, -0.15) is 0 Å². The zero-order valence-corrected chi connectivity index (χ0v) is 23.1. The Labute approximate surface area is 235 Å². The predicted octanol–water partition coefficient (Wildman–Crippen LogP) is 4.62. The molecule has 2 aromatic heterocycles. The number of para-hydroxylation sites is 1. The third-order valence-corrected chi connectivity index (χ3v) is 9.81. The van der Waals surface area contributed by atoms with Gasteiger partial charge in [0.15, 0.2) is 10.3 Å². The normalized spacial score (nSPS) is 11.4. The second-order valence-electron chi connectivity index (χ2n) is 8.46. The second kappa shape index (κ2) is 11.0. The van der Waals surface area contributed by atoms with E-state index in [2.05, 4.69) is 15.3 Å². The van der Waals surface area contributed by atoms with Crippen molar-refractivity contribution in [2.75, 3.05) is 11.1 Å². The molecule has 1 amide bonds. The first kappa shape index (κ1) is 27.2. The van der Waals surface area contributed by atoms with Crippen molar-refractivity contribution >= 4 is 60.6 Å². The molecule has 3 aromatic carbocycles. The molecule has 11 nitrogen and oxygen atoms in total. The lowest BCUT2D eigenvalue weighted by atomic mass is 10.2. The van der Waals surface area contributed by atoms with E-state index in [4.69, 9.17) is 0 Å².